The molecule has 0 aliphatic carbocycles. The van der Waals surface area contributed by atoms with E-state index in [1.807, 2.05) is 24.1 Å². The highest BCUT2D eigenvalue weighted by molar-refractivity contribution is 7.71. The van der Waals surface area contributed by atoms with E-state index >= 15 is 0 Å². The van der Waals surface area contributed by atoms with Crippen LogP contribution in [0.25, 0.3) is 11.0 Å². The van der Waals surface area contributed by atoms with Gasteiger partial charge in [-0.2, -0.15) is 5.10 Å². The minimum atomic E-state index is 0.782. The van der Waals surface area contributed by atoms with E-state index in [2.05, 4.69) is 39.8 Å². The zero-order chi connectivity index (χ0) is 13.4. The maximum atomic E-state index is 5.40. The fraction of sp³-hybridized carbons (Fsp3) is 0.286. The molecule has 0 bridgehead atoms. The second-order valence-corrected chi connectivity index (χ2v) is 5.26. The van der Waals surface area contributed by atoms with Crippen LogP contribution in [0.4, 0.5) is 0 Å². The number of hydrogen-bond donors (Lipinski definition) is 1. The van der Waals surface area contributed by atoms with Gasteiger partial charge in [-0.25, -0.2) is 0 Å². The Balaban J connectivity index is 1.94. The molecular weight excluding hydrogens is 256 g/mol. The molecule has 0 saturated carbocycles. The molecule has 4 nitrogen and oxygen atoms in total. The summed E-state index contributed by atoms with van der Waals surface area (Å²) >= 11 is 5.40. The lowest BCUT2D eigenvalue weighted by atomic mass is 10.2. The van der Waals surface area contributed by atoms with Gasteiger partial charge in [0.25, 0.3) is 0 Å². The van der Waals surface area contributed by atoms with Crippen LogP contribution in [0.3, 0.4) is 0 Å². The summed E-state index contributed by atoms with van der Waals surface area (Å²) in [5, 5.41) is 4.19. The molecule has 0 spiro atoms. The van der Waals surface area contributed by atoms with Gasteiger partial charge in [0.15, 0.2) is 4.77 Å². The van der Waals surface area contributed by atoms with E-state index in [-0.39, 0.29) is 0 Å². The Kier molecular flexibility index (Phi) is 2.98. The van der Waals surface area contributed by atoms with Crippen LogP contribution in [-0.2, 0) is 20.0 Å². The minimum absolute atomic E-state index is 0.782. The zero-order valence-electron chi connectivity index (χ0n) is 11.1. The van der Waals surface area contributed by atoms with Gasteiger partial charge in [-0.15, -0.1) is 0 Å². The number of fused-ring (bicyclic) bond motifs is 1. The zero-order valence-corrected chi connectivity index (χ0v) is 11.9. The second kappa shape index (κ2) is 4.66. The van der Waals surface area contributed by atoms with E-state index in [9.17, 15) is 0 Å². The smallest absolute Gasteiger partial charge is 0.178 e. The third kappa shape index (κ3) is 2.33. The van der Waals surface area contributed by atoms with Gasteiger partial charge in [-0.3, -0.25) is 4.68 Å². The van der Waals surface area contributed by atoms with Crippen LogP contribution in [0, 0.1) is 11.7 Å². The van der Waals surface area contributed by atoms with E-state index in [4.69, 9.17) is 12.2 Å². The lowest BCUT2D eigenvalue weighted by Crippen LogP contribution is -2.01. The van der Waals surface area contributed by atoms with Gasteiger partial charge in [0.1, 0.15) is 0 Å². The lowest BCUT2D eigenvalue weighted by molar-refractivity contribution is 0.705. The summed E-state index contributed by atoms with van der Waals surface area (Å²) in [5.74, 6) is 0. The summed E-state index contributed by atoms with van der Waals surface area (Å²) in [6.45, 7) is 2.97. The van der Waals surface area contributed by atoms with Crippen molar-refractivity contribution in [1.82, 2.24) is 19.3 Å². The second-order valence-electron chi connectivity index (χ2n) is 4.87. The third-order valence-electron chi connectivity index (χ3n) is 3.31. The maximum absolute atomic E-state index is 5.40. The summed E-state index contributed by atoms with van der Waals surface area (Å²) in [6, 6.07) is 6.35. The van der Waals surface area contributed by atoms with Crippen molar-refractivity contribution >= 4 is 23.3 Å². The molecule has 3 rings (SSSR count). The number of hydrogen-bond acceptors (Lipinski definition) is 2. The van der Waals surface area contributed by atoms with Crippen molar-refractivity contribution in [2.75, 3.05) is 0 Å². The first-order valence-corrected chi connectivity index (χ1v) is 6.71. The predicted molar refractivity (Wildman–Crippen MR) is 78.8 cm³/mol. The van der Waals surface area contributed by atoms with Crippen LogP contribution in [0.2, 0.25) is 0 Å². The molecular formula is C14H16N4S. The predicted octanol–water partition coefficient (Wildman–Crippen LogP) is 2.98. The van der Waals surface area contributed by atoms with Gasteiger partial charge in [0, 0.05) is 19.8 Å². The van der Waals surface area contributed by atoms with Crippen LogP contribution in [0.1, 0.15) is 11.1 Å². The Morgan fingerprint density at radius 2 is 2.21 bits per heavy atom. The quantitative estimate of drug-likeness (QED) is 0.744. The molecule has 2 aromatic heterocycles. The average Bonchev–Trinajstić information content (AvgIpc) is 2.90. The van der Waals surface area contributed by atoms with Crippen molar-refractivity contribution < 1.29 is 0 Å². The summed E-state index contributed by atoms with van der Waals surface area (Å²) in [4.78, 5) is 3.25. The maximum Gasteiger partial charge on any atom is 0.178 e. The van der Waals surface area contributed by atoms with Crippen molar-refractivity contribution in [3.05, 3.63) is 46.5 Å². The molecule has 5 heteroatoms. The molecule has 0 saturated heterocycles. The van der Waals surface area contributed by atoms with Crippen molar-refractivity contribution in [2.24, 2.45) is 7.05 Å². The number of nitrogens with zero attached hydrogens (tertiary/aromatic N) is 3. The van der Waals surface area contributed by atoms with Crippen LogP contribution in [0.15, 0.2) is 30.6 Å². The van der Waals surface area contributed by atoms with Crippen molar-refractivity contribution in [2.45, 2.75) is 19.9 Å². The molecule has 0 fully saturated rings. The fourth-order valence-corrected chi connectivity index (χ4v) is 2.63. The third-order valence-corrected chi connectivity index (χ3v) is 3.64. The Labute approximate surface area is 116 Å². The number of imidazole rings is 1. The number of aromatic nitrogens is 4. The van der Waals surface area contributed by atoms with Crippen molar-refractivity contribution in [1.29, 1.82) is 0 Å². The first kappa shape index (κ1) is 12.2. The van der Waals surface area contributed by atoms with Crippen LogP contribution >= 0.6 is 12.2 Å². The molecule has 0 atom stereocenters. The summed E-state index contributed by atoms with van der Waals surface area (Å²) in [7, 11) is 1.93. The number of rotatable bonds is 3. The van der Waals surface area contributed by atoms with Crippen LogP contribution in [0.5, 0.6) is 0 Å². The largest absolute Gasteiger partial charge is 0.331 e. The molecule has 0 aliphatic heterocycles. The van der Waals surface area contributed by atoms with E-state index in [1.165, 1.54) is 16.6 Å². The summed E-state index contributed by atoms with van der Waals surface area (Å²) in [5.41, 5.74) is 4.75. The highest BCUT2D eigenvalue weighted by Gasteiger charge is 2.05. The van der Waals surface area contributed by atoms with Crippen molar-refractivity contribution in [3.8, 4) is 0 Å². The molecule has 98 valence electrons. The molecule has 0 aliphatic rings. The lowest BCUT2D eigenvalue weighted by Gasteiger charge is -2.03. The Bertz CT molecular complexity index is 778. The number of H-pyrrole nitrogens is 1. The molecule has 0 radical (unpaired) electrons. The highest BCUT2D eigenvalue weighted by Crippen LogP contribution is 2.16. The highest BCUT2D eigenvalue weighted by atomic mass is 32.1. The van der Waals surface area contributed by atoms with E-state index in [0.29, 0.717) is 0 Å². The van der Waals surface area contributed by atoms with Gasteiger partial charge < -0.3 is 9.55 Å². The first-order valence-electron chi connectivity index (χ1n) is 6.30. The van der Waals surface area contributed by atoms with Gasteiger partial charge >= 0.3 is 0 Å². The summed E-state index contributed by atoms with van der Waals surface area (Å²) < 4.78 is 4.77. The molecule has 19 heavy (non-hydrogen) atoms. The van der Waals surface area contributed by atoms with Crippen molar-refractivity contribution in [3.63, 3.8) is 0 Å². The molecule has 0 amide bonds. The minimum Gasteiger partial charge on any atom is -0.331 e. The topological polar surface area (TPSA) is 38.5 Å². The Hall–Kier alpha value is -1.88. The molecule has 2 heterocycles. The van der Waals surface area contributed by atoms with Gasteiger partial charge in [-0.05, 0) is 48.8 Å². The van der Waals surface area contributed by atoms with Gasteiger partial charge in [0.05, 0.1) is 17.2 Å². The van der Waals surface area contributed by atoms with E-state index < -0.39 is 0 Å². The SMILES string of the molecule is Cc1ccc2[nH]c(=S)n(CCc3cnn(C)c3)c2c1. The number of aryl methyl sites for hydroxylation is 4. The normalized spacial score (nSPS) is 11.3. The summed E-state index contributed by atoms with van der Waals surface area (Å²) in [6.07, 6.45) is 4.89. The van der Waals surface area contributed by atoms with Crippen LogP contribution < -0.4 is 0 Å². The molecule has 1 aromatic carbocycles. The van der Waals surface area contributed by atoms with E-state index in [1.54, 1.807) is 0 Å². The number of benzene rings is 1. The van der Waals surface area contributed by atoms with Gasteiger partial charge in [-0.1, -0.05) is 6.07 Å². The monoisotopic (exact) mass is 272 g/mol. The average molecular weight is 272 g/mol. The Morgan fingerprint density at radius 1 is 1.37 bits per heavy atom. The number of aromatic amines is 1. The standard InChI is InChI=1S/C14H16N4S/c1-10-3-4-12-13(7-10)18(14(19)16-12)6-5-11-8-15-17(2)9-11/h3-4,7-9H,5-6H2,1-2H3,(H,16,19). The Morgan fingerprint density at radius 3 is 2.95 bits per heavy atom. The number of nitrogens with one attached hydrogen (secondary N) is 1. The molecule has 3 aromatic rings. The van der Waals surface area contributed by atoms with Crippen LogP contribution in [-0.4, -0.2) is 19.3 Å². The fourth-order valence-electron chi connectivity index (χ4n) is 2.33. The molecule has 1 N–H and O–H groups in total. The first-order chi connectivity index (χ1) is 9.13. The van der Waals surface area contributed by atoms with E-state index in [0.717, 1.165) is 23.3 Å². The van der Waals surface area contributed by atoms with Gasteiger partial charge in [0.2, 0.25) is 0 Å². The molecule has 0 unspecified atom stereocenters.